The summed E-state index contributed by atoms with van der Waals surface area (Å²) in [5, 5.41) is 11.3. The Bertz CT molecular complexity index is 705. The molecule has 4 nitrogen and oxygen atoms in total. The second-order valence-corrected chi connectivity index (χ2v) is 6.77. The molecule has 1 fully saturated rings. The second kappa shape index (κ2) is 8.09. The number of aliphatic hydroxyl groups excluding tert-OH is 1. The van der Waals surface area contributed by atoms with E-state index in [4.69, 9.17) is 21.1 Å². The summed E-state index contributed by atoms with van der Waals surface area (Å²) in [4.78, 5) is 2.33. The average Bonchev–Trinajstić information content (AvgIpc) is 3.09. The summed E-state index contributed by atoms with van der Waals surface area (Å²) in [6, 6.07) is 13.7. The molecule has 0 bridgehead atoms. The third kappa shape index (κ3) is 4.09. The first-order valence-electron chi connectivity index (χ1n) is 8.52. The molecule has 0 aliphatic carbocycles. The van der Waals surface area contributed by atoms with E-state index in [9.17, 15) is 5.11 Å². The van der Waals surface area contributed by atoms with Crippen LogP contribution in [0.2, 0.25) is 5.02 Å². The number of rotatable bonds is 6. The molecule has 0 radical (unpaired) electrons. The van der Waals surface area contributed by atoms with Crippen molar-refractivity contribution in [2.45, 2.75) is 25.0 Å². The van der Waals surface area contributed by atoms with Crippen molar-refractivity contribution in [2.24, 2.45) is 0 Å². The van der Waals surface area contributed by atoms with Gasteiger partial charge < -0.3 is 14.6 Å². The molecule has 1 aliphatic rings. The lowest BCUT2D eigenvalue weighted by molar-refractivity contribution is 0.106. The van der Waals surface area contributed by atoms with Gasteiger partial charge in [0.15, 0.2) is 11.5 Å². The molecule has 0 saturated carbocycles. The highest BCUT2D eigenvalue weighted by atomic mass is 35.5. The normalized spacial score (nSPS) is 19.0. The van der Waals surface area contributed by atoms with Crippen molar-refractivity contribution in [3.05, 3.63) is 58.6 Å². The Kier molecular flexibility index (Phi) is 5.84. The lowest BCUT2D eigenvalue weighted by Gasteiger charge is -2.27. The van der Waals surface area contributed by atoms with Gasteiger partial charge in [-0.15, -0.1) is 0 Å². The third-order valence-electron chi connectivity index (χ3n) is 4.82. The first-order valence-corrected chi connectivity index (χ1v) is 8.89. The molecule has 2 aromatic rings. The van der Waals surface area contributed by atoms with Crippen LogP contribution in [0.3, 0.4) is 0 Å². The summed E-state index contributed by atoms with van der Waals surface area (Å²) in [6.07, 6.45) is 1.66. The van der Waals surface area contributed by atoms with Gasteiger partial charge in [-0.05, 0) is 54.8 Å². The van der Waals surface area contributed by atoms with E-state index < -0.39 is 6.10 Å². The van der Waals surface area contributed by atoms with Gasteiger partial charge in [0, 0.05) is 17.6 Å². The zero-order valence-electron chi connectivity index (χ0n) is 14.6. The van der Waals surface area contributed by atoms with Crippen LogP contribution in [0.1, 0.15) is 36.1 Å². The monoisotopic (exact) mass is 361 g/mol. The van der Waals surface area contributed by atoms with Crippen molar-refractivity contribution in [1.82, 2.24) is 4.90 Å². The Morgan fingerprint density at radius 2 is 1.84 bits per heavy atom. The van der Waals surface area contributed by atoms with E-state index in [-0.39, 0.29) is 6.04 Å². The van der Waals surface area contributed by atoms with Crippen LogP contribution in [0.5, 0.6) is 11.5 Å². The minimum Gasteiger partial charge on any atom is -0.493 e. The van der Waals surface area contributed by atoms with Gasteiger partial charge >= 0.3 is 0 Å². The van der Waals surface area contributed by atoms with E-state index in [2.05, 4.69) is 11.0 Å². The number of β-amino-alcohol motifs (C(OH)–C–C–N with tert-alkyl or cyclic N) is 1. The van der Waals surface area contributed by atoms with E-state index >= 15 is 0 Å². The van der Waals surface area contributed by atoms with E-state index in [0.717, 1.165) is 36.4 Å². The van der Waals surface area contributed by atoms with Crippen molar-refractivity contribution >= 4 is 11.6 Å². The van der Waals surface area contributed by atoms with Crippen LogP contribution < -0.4 is 9.47 Å². The average molecular weight is 362 g/mol. The second-order valence-electron chi connectivity index (χ2n) is 6.33. The lowest BCUT2D eigenvalue weighted by atomic mass is 10.0. The molecule has 134 valence electrons. The molecule has 2 aromatic carbocycles. The van der Waals surface area contributed by atoms with Crippen LogP contribution in [0.25, 0.3) is 0 Å². The van der Waals surface area contributed by atoms with Crippen molar-refractivity contribution in [1.29, 1.82) is 0 Å². The van der Waals surface area contributed by atoms with E-state index in [1.165, 1.54) is 5.56 Å². The maximum atomic E-state index is 10.6. The van der Waals surface area contributed by atoms with Crippen LogP contribution in [0.4, 0.5) is 0 Å². The summed E-state index contributed by atoms with van der Waals surface area (Å²) >= 11 is 5.93. The molecule has 25 heavy (non-hydrogen) atoms. The zero-order valence-corrected chi connectivity index (χ0v) is 15.4. The Morgan fingerprint density at radius 1 is 1.12 bits per heavy atom. The highest BCUT2D eigenvalue weighted by Crippen LogP contribution is 2.37. The van der Waals surface area contributed by atoms with Gasteiger partial charge in [0.25, 0.3) is 0 Å². The van der Waals surface area contributed by atoms with Crippen molar-refractivity contribution in [2.75, 3.05) is 27.3 Å². The molecule has 0 unspecified atom stereocenters. The maximum absolute atomic E-state index is 10.6. The fourth-order valence-electron chi connectivity index (χ4n) is 3.49. The maximum Gasteiger partial charge on any atom is 0.161 e. The smallest absolute Gasteiger partial charge is 0.161 e. The molecule has 1 heterocycles. The van der Waals surface area contributed by atoms with Gasteiger partial charge in [0.05, 0.1) is 20.3 Å². The number of benzene rings is 2. The molecule has 2 atom stereocenters. The molecule has 1 saturated heterocycles. The van der Waals surface area contributed by atoms with Gasteiger partial charge in [-0.2, -0.15) is 0 Å². The van der Waals surface area contributed by atoms with Crippen LogP contribution in [-0.4, -0.2) is 37.3 Å². The van der Waals surface area contributed by atoms with Gasteiger partial charge in [0.1, 0.15) is 0 Å². The minimum atomic E-state index is -0.530. The van der Waals surface area contributed by atoms with Crippen molar-refractivity contribution in [3.63, 3.8) is 0 Å². The van der Waals surface area contributed by atoms with Gasteiger partial charge in [-0.3, -0.25) is 4.90 Å². The highest BCUT2D eigenvalue weighted by Gasteiger charge is 2.28. The predicted octanol–water partition coefficient (Wildman–Crippen LogP) is 4.23. The Morgan fingerprint density at radius 3 is 2.52 bits per heavy atom. The zero-order chi connectivity index (χ0) is 17.8. The van der Waals surface area contributed by atoms with Crippen LogP contribution in [0.15, 0.2) is 42.5 Å². The molecule has 0 aromatic heterocycles. The summed E-state index contributed by atoms with van der Waals surface area (Å²) < 4.78 is 10.8. The number of likely N-dealkylation sites (tertiary alicyclic amines) is 1. The molecular formula is C20H24ClNO3. The number of methoxy groups -OCH3 is 2. The SMILES string of the molecule is COc1ccc([C@H]2CCCN2C[C@@H](O)c2ccc(Cl)cc2)cc1OC. The summed E-state index contributed by atoms with van der Waals surface area (Å²) in [5.41, 5.74) is 2.08. The van der Waals surface area contributed by atoms with Gasteiger partial charge in [0.2, 0.25) is 0 Å². The van der Waals surface area contributed by atoms with Crippen LogP contribution >= 0.6 is 11.6 Å². The van der Waals surface area contributed by atoms with Gasteiger partial charge in [-0.1, -0.05) is 29.8 Å². The van der Waals surface area contributed by atoms with E-state index in [1.54, 1.807) is 14.2 Å². The number of ether oxygens (including phenoxy) is 2. The topological polar surface area (TPSA) is 41.9 Å². The first-order chi connectivity index (χ1) is 12.1. The molecule has 0 spiro atoms. The Labute approximate surface area is 153 Å². The number of halogens is 1. The quantitative estimate of drug-likeness (QED) is 0.836. The lowest BCUT2D eigenvalue weighted by Crippen LogP contribution is -2.28. The molecule has 5 heteroatoms. The summed E-state index contributed by atoms with van der Waals surface area (Å²) in [6.45, 7) is 1.57. The minimum absolute atomic E-state index is 0.279. The van der Waals surface area contributed by atoms with E-state index in [0.29, 0.717) is 11.6 Å². The molecule has 0 amide bonds. The predicted molar refractivity (Wildman–Crippen MR) is 99.5 cm³/mol. The fraction of sp³-hybridized carbons (Fsp3) is 0.400. The first kappa shape index (κ1) is 18.1. The summed E-state index contributed by atoms with van der Waals surface area (Å²) in [7, 11) is 3.29. The largest absolute Gasteiger partial charge is 0.493 e. The van der Waals surface area contributed by atoms with Crippen LogP contribution in [-0.2, 0) is 0 Å². The number of aliphatic hydroxyl groups is 1. The highest BCUT2D eigenvalue weighted by molar-refractivity contribution is 6.30. The molecular weight excluding hydrogens is 338 g/mol. The standard InChI is InChI=1S/C20H24ClNO3/c1-24-19-10-7-15(12-20(19)25-2)17-4-3-11-22(17)13-18(23)14-5-8-16(21)9-6-14/h5-10,12,17-18,23H,3-4,11,13H2,1-2H3/t17-,18-/m1/s1. The summed E-state index contributed by atoms with van der Waals surface area (Å²) in [5.74, 6) is 1.47. The van der Waals surface area contributed by atoms with Crippen molar-refractivity contribution < 1.29 is 14.6 Å². The third-order valence-corrected chi connectivity index (χ3v) is 5.07. The number of hydrogen-bond acceptors (Lipinski definition) is 4. The molecule has 1 aliphatic heterocycles. The van der Waals surface area contributed by atoms with Gasteiger partial charge in [-0.25, -0.2) is 0 Å². The number of nitrogens with zero attached hydrogens (tertiary/aromatic N) is 1. The molecule has 3 rings (SSSR count). The van der Waals surface area contributed by atoms with E-state index in [1.807, 2.05) is 36.4 Å². The fourth-order valence-corrected chi connectivity index (χ4v) is 3.62. The van der Waals surface area contributed by atoms with Crippen molar-refractivity contribution in [3.8, 4) is 11.5 Å². The Hall–Kier alpha value is -1.75. The Balaban J connectivity index is 1.75. The molecule has 1 N–H and O–H groups in total. The number of hydrogen-bond donors (Lipinski definition) is 1. The van der Waals surface area contributed by atoms with Crippen LogP contribution in [0, 0.1) is 0 Å².